The summed E-state index contributed by atoms with van der Waals surface area (Å²) in [5.74, 6) is 0. The van der Waals surface area contributed by atoms with Gasteiger partial charge in [0.25, 0.3) is 0 Å². The number of nitrogens with one attached hydrogen (secondary N) is 1. The Morgan fingerprint density at radius 3 is 1.62 bits per heavy atom. The summed E-state index contributed by atoms with van der Waals surface area (Å²) in [5.41, 5.74) is 4.03. The van der Waals surface area contributed by atoms with Crippen molar-refractivity contribution in [2.75, 3.05) is 6.66 Å². The molecule has 0 aliphatic heterocycles. The number of benzene rings is 4. The number of H-pyrrole nitrogens is 1. The summed E-state index contributed by atoms with van der Waals surface area (Å²) in [7, 11) is 0. The normalized spacial score (nSPS) is 12.6. The Bertz CT molecular complexity index is 1260. The quantitative estimate of drug-likeness (QED) is 0.160. The molecule has 0 aliphatic carbocycles. The fourth-order valence-electron chi connectivity index (χ4n) is 5.35. The molecule has 0 amide bonds. The topological polar surface area (TPSA) is 15.8 Å². The molecule has 0 unspecified atom stereocenters. The first-order valence-corrected chi connectivity index (χ1v) is 14.6. The first kappa shape index (κ1) is 24.7. The van der Waals surface area contributed by atoms with E-state index in [0.29, 0.717) is 0 Å². The third-order valence-corrected chi connectivity index (χ3v) is 13.5. The molecule has 1 N–H and O–H groups in total. The summed E-state index contributed by atoms with van der Waals surface area (Å²) in [6.07, 6.45) is 3.52. The molecule has 0 aliphatic rings. The predicted octanol–water partition coefficient (Wildman–Crippen LogP) is 6.91. The van der Waals surface area contributed by atoms with Crippen molar-refractivity contribution >= 4 is 62.8 Å². The van der Waals surface area contributed by atoms with Crippen LogP contribution in [0.5, 0.6) is 0 Å². The van der Waals surface area contributed by atoms with Crippen LogP contribution < -0.4 is 21.3 Å². The Hall–Kier alpha value is -2.42. The average Bonchev–Trinajstić information content (AvgIpc) is 3.35. The molecule has 0 radical (unpaired) electrons. The maximum absolute atomic E-state index is 4.01. The minimum absolute atomic E-state index is 0. The van der Waals surface area contributed by atoms with Crippen molar-refractivity contribution in [2.45, 2.75) is 26.2 Å². The van der Waals surface area contributed by atoms with E-state index in [2.05, 4.69) is 134 Å². The van der Waals surface area contributed by atoms with Crippen LogP contribution in [-0.4, -0.2) is 11.6 Å². The maximum Gasteiger partial charge on any atom is -0.107 e. The number of aromatic amines is 1. The third-order valence-electron chi connectivity index (χ3n) is 7.34. The number of fused-ring (bicyclic) bond motifs is 1. The van der Waals surface area contributed by atoms with Gasteiger partial charge in [-0.1, -0.05) is 0 Å². The van der Waals surface area contributed by atoms with Crippen molar-refractivity contribution in [3.05, 3.63) is 121 Å². The number of aryl methyl sites for hydroxylation is 1. The summed E-state index contributed by atoms with van der Waals surface area (Å²) in [5, 5.41) is 5.44. The number of unbranched alkanes of at least 4 members (excludes halogenated alkanes) is 1. The first-order chi connectivity index (χ1) is 16.2. The van der Waals surface area contributed by atoms with Crippen molar-refractivity contribution < 1.29 is 0 Å². The van der Waals surface area contributed by atoms with E-state index in [4.69, 9.17) is 0 Å². The van der Waals surface area contributed by atoms with Gasteiger partial charge in [-0.05, 0) is 0 Å². The summed E-state index contributed by atoms with van der Waals surface area (Å²) in [4.78, 5) is 4.01. The van der Waals surface area contributed by atoms with Crippen molar-refractivity contribution in [3.63, 3.8) is 0 Å². The summed E-state index contributed by atoms with van der Waals surface area (Å²) in [6, 6.07) is 42.6. The summed E-state index contributed by atoms with van der Waals surface area (Å²) >= 11 is 0. The number of aromatic nitrogens is 1. The van der Waals surface area contributed by atoms with Gasteiger partial charge in [0.2, 0.25) is 0 Å². The van der Waals surface area contributed by atoms with Gasteiger partial charge in [-0.25, -0.2) is 0 Å². The van der Waals surface area contributed by atoms with Crippen molar-refractivity contribution in [3.8, 4) is 0 Å². The van der Waals surface area contributed by atoms with Crippen molar-refractivity contribution in [1.29, 1.82) is 0 Å². The zero-order chi connectivity index (χ0) is 22.8. The van der Waals surface area contributed by atoms with Crippen LogP contribution in [0.2, 0.25) is 0 Å². The molecule has 174 valence electrons. The van der Waals surface area contributed by atoms with Crippen LogP contribution in [0.15, 0.2) is 115 Å². The Labute approximate surface area is 220 Å². The van der Waals surface area contributed by atoms with E-state index < -0.39 is 6.60 Å². The molecule has 0 atom stereocenters. The molecule has 34 heavy (non-hydrogen) atoms. The van der Waals surface area contributed by atoms with Crippen molar-refractivity contribution in [2.24, 2.45) is 0 Å². The second-order valence-electron chi connectivity index (χ2n) is 9.21. The zero-order valence-electron chi connectivity index (χ0n) is 19.9. The number of hydrogen-bond donors (Lipinski definition) is 1. The molecular formula is C31H33INP. The van der Waals surface area contributed by atoms with E-state index in [1.807, 2.05) is 0 Å². The van der Waals surface area contributed by atoms with Gasteiger partial charge in [0.15, 0.2) is 0 Å². The second-order valence-corrected chi connectivity index (χ2v) is 14.4. The minimum atomic E-state index is -3.02. The van der Waals surface area contributed by atoms with Gasteiger partial charge in [-0.3, -0.25) is 0 Å². The SMILES string of the molecule is CCCCc1cccc2cc(P(C)(c3ccccc3)(c3ccccc3)c3ccccc3)[nH]c12.I. The van der Waals surface area contributed by atoms with E-state index in [1.54, 1.807) is 0 Å². The van der Waals surface area contributed by atoms with Gasteiger partial charge in [0.1, 0.15) is 0 Å². The van der Waals surface area contributed by atoms with E-state index >= 15 is 0 Å². The largest absolute Gasteiger partial charge is 0.107 e. The fourth-order valence-corrected chi connectivity index (χ4v) is 10.7. The molecule has 1 heterocycles. The zero-order valence-corrected chi connectivity index (χ0v) is 23.2. The number of hydrogen-bond acceptors (Lipinski definition) is 0. The number of halogens is 1. The minimum Gasteiger partial charge on any atom is -0.107 e. The Morgan fingerprint density at radius 1 is 0.647 bits per heavy atom. The monoisotopic (exact) mass is 577 g/mol. The van der Waals surface area contributed by atoms with Crippen LogP contribution in [-0.2, 0) is 6.42 Å². The van der Waals surface area contributed by atoms with E-state index in [9.17, 15) is 0 Å². The van der Waals surface area contributed by atoms with E-state index in [-0.39, 0.29) is 24.0 Å². The smallest absolute Gasteiger partial charge is 0.107 e. The molecule has 3 heteroatoms. The summed E-state index contributed by atoms with van der Waals surface area (Å²) in [6.45, 7) is 1.76. The van der Waals surface area contributed by atoms with E-state index in [1.165, 1.54) is 50.7 Å². The van der Waals surface area contributed by atoms with Gasteiger partial charge < -0.3 is 0 Å². The number of para-hydroxylation sites is 1. The van der Waals surface area contributed by atoms with Crippen molar-refractivity contribution in [1.82, 2.24) is 4.98 Å². The fraction of sp³-hybridized carbons (Fsp3) is 0.161. The molecule has 0 bridgehead atoms. The van der Waals surface area contributed by atoms with Crippen LogP contribution in [0.25, 0.3) is 10.9 Å². The molecule has 0 saturated carbocycles. The molecule has 1 aromatic heterocycles. The van der Waals surface area contributed by atoms with Crippen LogP contribution in [0.1, 0.15) is 25.3 Å². The van der Waals surface area contributed by atoms with Crippen LogP contribution in [0.3, 0.4) is 0 Å². The summed E-state index contributed by atoms with van der Waals surface area (Å²) < 4.78 is 0. The predicted molar refractivity (Wildman–Crippen MR) is 163 cm³/mol. The Morgan fingerprint density at radius 2 is 1.15 bits per heavy atom. The molecule has 5 rings (SSSR count). The molecule has 0 fully saturated rings. The van der Waals surface area contributed by atoms with Gasteiger partial charge >= 0.3 is 198 Å². The van der Waals surface area contributed by atoms with Crippen LogP contribution in [0.4, 0.5) is 0 Å². The molecule has 5 aromatic rings. The van der Waals surface area contributed by atoms with Gasteiger partial charge in [-0.15, -0.1) is 24.0 Å². The third kappa shape index (κ3) is 3.82. The number of rotatable bonds is 7. The molecule has 1 nitrogen and oxygen atoms in total. The van der Waals surface area contributed by atoms with E-state index in [0.717, 1.165) is 6.42 Å². The molecule has 0 saturated heterocycles. The van der Waals surface area contributed by atoms with Crippen LogP contribution >= 0.6 is 30.6 Å². The standard InChI is InChI=1S/C31H32NP.HI/c1-3-4-15-25-16-14-17-26-24-30(32-31(25)26)33(2,27-18-8-5-9-19-27,28-20-10-6-11-21-28)29-22-12-7-13-23-29;/h5-14,16-24,32H,3-4,15H2,1-2H3;1H. The molecular weight excluding hydrogens is 544 g/mol. The van der Waals surface area contributed by atoms with Gasteiger partial charge in [0, 0.05) is 0 Å². The maximum atomic E-state index is 4.01. The van der Waals surface area contributed by atoms with Gasteiger partial charge in [-0.2, -0.15) is 0 Å². The molecule has 0 spiro atoms. The second kappa shape index (κ2) is 10.1. The first-order valence-electron chi connectivity index (χ1n) is 12.0. The van der Waals surface area contributed by atoms with Gasteiger partial charge in [0.05, 0.1) is 0 Å². The van der Waals surface area contributed by atoms with Crippen LogP contribution in [0, 0.1) is 0 Å². The Kier molecular flexibility index (Phi) is 7.31. The molecule has 4 aromatic carbocycles. The average molecular weight is 577 g/mol. The Balaban J connectivity index is 0.00000274.